The van der Waals surface area contributed by atoms with Crippen LogP contribution in [-0.2, 0) is 0 Å². The van der Waals surface area contributed by atoms with Crippen molar-refractivity contribution in [1.29, 1.82) is 0 Å². The Hall–Kier alpha value is -0.480. The molecule has 0 spiro atoms. The lowest BCUT2D eigenvalue weighted by Crippen LogP contribution is -2.30. The van der Waals surface area contributed by atoms with Crippen LogP contribution in [0.25, 0.3) is 0 Å². The first-order valence-corrected chi connectivity index (χ1v) is 6.53. The molecule has 1 saturated carbocycles. The highest BCUT2D eigenvalue weighted by Gasteiger charge is 2.13. The molecule has 1 aliphatic carbocycles. The van der Waals surface area contributed by atoms with Crippen molar-refractivity contribution < 1.29 is 0 Å². The van der Waals surface area contributed by atoms with Crippen molar-refractivity contribution in [2.75, 3.05) is 6.54 Å². The molecular weight excluding hydrogens is 182 g/mol. The van der Waals surface area contributed by atoms with E-state index in [-0.39, 0.29) is 0 Å². The molecule has 0 saturated heterocycles. The fourth-order valence-electron chi connectivity index (χ4n) is 2.47. The third-order valence-electron chi connectivity index (χ3n) is 3.57. The van der Waals surface area contributed by atoms with Gasteiger partial charge in [0, 0.05) is 12.5 Å². The van der Waals surface area contributed by atoms with Gasteiger partial charge in [-0.15, -0.1) is 12.3 Å². The lowest BCUT2D eigenvalue weighted by Gasteiger charge is -2.22. The largest absolute Gasteiger partial charge is 0.313 e. The van der Waals surface area contributed by atoms with Crippen LogP contribution in [0.3, 0.4) is 0 Å². The van der Waals surface area contributed by atoms with Gasteiger partial charge in [-0.05, 0) is 25.3 Å². The van der Waals surface area contributed by atoms with Gasteiger partial charge in [0.15, 0.2) is 0 Å². The molecule has 1 N–H and O–H groups in total. The fraction of sp³-hybridized carbons (Fsp3) is 0.857. The zero-order valence-corrected chi connectivity index (χ0v) is 10.1. The Kier molecular flexibility index (Phi) is 6.52. The molecule has 0 amide bonds. The molecule has 1 fully saturated rings. The van der Waals surface area contributed by atoms with Gasteiger partial charge in [-0.25, -0.2) is 0 Å². The molecule has 1 aliphatic rings. The van der Waals surface area contributed by atoms with Crippen LogP contribution in [0.5, 0.6) is 0 Å². The van der Waals surface area contributed by atoms with E-state index in [2.05, 4.69) is 18.2 Å². The Bertz CT molecular complexity index is 186. The number of rotatable bonds is 6. The fourth-order valence-corrected chi connectivity index (χ4v) is 2.47. The molecule has 0 heterocycles. The molecule has 0 aromatic carbocycles. The second-order valence-electron chi connectivity index (χ2n) is 4.76. The summed E-state index contributed by atoms with van der Waals surface area (Å²) in [7, 11) is 0. The monoisotopic (exact) mass is 207 g/mol. The summed E-state index contributed by atoms with van der Waals surface area (Å²) in [5.74, 6) is 3.73. The van der Waals surface area contributed by atoms with Gasteiger partial charge in [0.1, 0.15) is 0 Å². The van der Waals surface area contributed by atoms with Crippen LogP contribution in [0.4, 0.5) is 0 Å². The van der Waals surface area contributed by atoms with Crippen molar-refractivity contribution in [2.24, 2.45) is 5.92 Å². The predicted molar refractivity (Wildman–Crippen MR) is 66.7 cm³/mol. The first-order chi connectivity index (χ1) is 7.36. The minimum absolute atomic E-state index is 0.540. The summed E-state index contributed by atoms with van der Waals surface area (Å²) >= 11 is 0. The van der Waals surface area contributed by atoms with E-state index in [1.807, 2.05) is 0 Å². The Morgan fingerprint density at radius 1 is 1.33 bits per heavy atom. The predicted octanol–water partition coefficient (Wildman–Crippen LogP) is 3.35. The summed E-state index contributed by atoms with van der Waals surface area (Å²) in [5.41, 5.74) is 0. The Morgan fingerprint density at radius 2 is 2.07 bits per heavy atom. The maximum Gasteiger partial charge on any atom is 0.0240 e. The second-order valence-corrected chi connectivity index (χ2v) is 4.76. The van der Waals surface area contributed by atoms with Crippen LogP contribution in [0.2, 0.25) is 0 Å². The van der Waals surface area contributed by atoms with Gasteiger partial charge in [0.05, 0.1) is 0 Å². The average molecular weight is 207 g/mol. The first kappa shape index (κ1) is 12.6. The number of hydrogen-bond acceptors (Lipinski definition) is 1. The molecule has 1 heteroatoms. The minimum Gasteiger partial charge on any atom is -0.313 e. The third kappa shape index (κ3) is 5.23. The average Bonchev–Trinajstić information content (AvgIpc) is 2.29. The summed E-state index contributed by atoms with van der Waals surface area (Å²) in [6.45, 7) is 3.36. The Labute approximate surface area is 95.0 Å². The smallest absolute Gasteiger partial charge is 0.0240 e. The van der Waals surface area contributed by atoms with E-state index in [4.69, 9.17) is 6.42 Å². The van der Waals surface area contributed by atoms with Crippen molar-refractivity contribution in [1.82, 2.24) is 5.32 Å². The van der Waals surface area contributed by atoms with Crippen molar-refractivity contribution in [3.8, 4) is 12.3 Å². The highest BCUT2D eigenvalue weighted by molar-refractivity contribution is 4.89. The Morgan fingerprint density at radius 3 is 2.67 bits per heavy atom. The van der Waals surface area contributed by atoms with Crippen molar-refractivity contribution in [2.45, 2.75) is 64.3 Å². The standard InChI is InChI=1S/C14H25N/c1-3-8-14(4-2)15-12-11-13-9-6-5-7-10-13/h1,13-15H,4-12H2,2H3. The molecular formula is C14H25N. The third-order valence-corrected chi connectivity index (χ3v) is 3.57. The molecule has 0 radical (unpaired) electrons. The molecule has 1 unspecified atom stereocenters. The van der Waals surface area contributed by atoms with E-state index in [0.717, 1.165) is 25.3 Å². The summed E-state index contributed by atoms with van der Waals surface area (Å²) in [4.78, 5) is 0. The van der Waals surface area contributed by atoms with Crippen LogP contribution in [0, 0.1) is 18.3 Å². The summed E-state index contributed by atoms with van der Waals surface area (Å²) < 4.78 is 0. The van der Waals surface area contributed by atoms with E-state index >= 15 is 0 Å². The molecule has 1 atom stereocenters. The van der Waals surface area contributed by atoms with Crippen LogP contribution in [0.1, 0.15) is 58.3 Å². The van der Waals surface area contributed by atoms with Gasteiger partial charge in [-0.1, -0.05) is 39.0 Å². The van der Waals surface area contributed by atoms with Crippen LogP contribution in [0.15, 0.2) is 0 Å². The van der Waals surface area contributed by atoms with E-state index in [1.54, 1.807) is 0 Å². The lowest BCUT2D eigenvalue weighted by molar-refractivity contribution is 0.326. The lowest BCUT2D eigenvalue weighted by atomic mass is 9.87. The maximum absolute atomic E-state index is 5.33. The Balaban J connectivity index is 2.06. The molecule has 0 aromatic heterocycles. The van der Waals surface area contributed by atoms with Gasteiger partial charge in [0.25, 0.3) is 0 Å². The van der Waals surface area contributed by atoms with Crippen molar-refractivity contribution in [3.63, 3.8) is 0 Å². The van der Waals surface area contributed by atoms with E-state index in [0.29, 0.717) is 6.04 Å². The zero-order valence-electron chi connectivity index (χ0n) is 10.1. The summed E-state index contributed by atoms with van der Waals surface area (Å²) in [6.07, 6.45) is 16.0. The molecule has 86 valence electrons. The van der Waals surface area contributed by atoms with Gasteiger partial charge < -0.3 is 5.32 Å². The number of terminal acetylenes is 1. The topological polar surface area (TPSA) is 12.0 Å². The SMILES string of the molecule is C#CCC(CC)NCCC1CCCCC1. The second kappa shape index (κ2) is 7.77. The molecule has 0 aliphatic heterocycles. The van der Waals surface area contributed by atoms with Gasteiger partial charge >= 0.3 is 0 Å². The summed E-state index contributed by atoms with van der Waals surface area (Å²) in [5, 5.41) is 3.58. The van der Waals surface area contributed by atoms with Gasteiger partial charge in [-0.2, -0.15) is 0 Å². The number of nitrogens with one attached hydrogen (secondary N) is 1. The van der Waals surface area contributed by atoms with E-state index in [1.165, 1.54) is 38.5 Å². The minimum atomic E-state index is 0.540. The van der Waals surface area contributed by atoms with E-state index < -0.39 is 0 Å². The van der Waals surface area contributed by atoms with Crippen LogP contribution < -0.4 is 5.32 Å². The first-order valence-electron chi connectivity index (χ1n) is 6.53. The quantitative estimate of drug-likeness (QED) is 0.659. The highest BCUT2D eigenvalue weighted by atomic mass is 14.9. The van der Waals surface area contributed by atoms with Crippen LogP contribution in [-0.4, -0.2) is 12.6 Å². The van der Waals surface area contributed by atoms with Gasteiger partial charge in [0.2, 0.25) is 0 Å². The van der Waals surface area contributed by atoms with Crippen molar-refractivity contribution >= 4 is 0 Å². The molecule has 1 nitrogen and oxygen atoms in total. The van der Waals surface area contributed by atoms with Crippen molar-refractivity contribution in [3.05, 3.63) is 0 Å². The van der Waals surface area contributed by atoms with E-state index in [9.17, 15) is 0 Å². The van der Waals surface area contributed by atoms with Crippen LogP contribution >= 0.6 is 0 Å². The van der Waals surface area contributed by atoms with Gasteiger partial charge in [-0.3, -0.25) is 0 Å². The maximum atomic E-state index is 5.33. The summed E-state index contributed by atoms with van der Waals surface area (Å²) in [6, 6.07) is 0.540. The normalized spacial score (nSPS) is 19.7. The molecule has 1 rings (SSSR count). The molecule has 0 aromatic rings. The molecule has 15 heavy (non-hydrogen) atoms. The molecule has 0 bridgehead atoms. The highest BCUT2D eigenvalue weighted by Crippen LogP contribution is 2.25. The zero-order chi connectivity index (χ0) is 10.9. The number of hydrogen-bond donors (Lipinski definition) is 1.